The van der Waals surface area contributed by atoms with E-state index in [1.54, 1.807) is 0 Å². The summed E-state index contributed by atoms with van der Waals surface area (Å²) in [5, 5.41) is 3.50. The number of hydrogen-bond acceptors (Lipinski definition) is 2. The molecule has 1 nitrogen and oxygen atoms in total. The largest absolute Gasteiger partial charge is 0.309 e. The van der Waals surface area contributed by atoms with E-state index < -0.39 is 0 Å². The smallest absolute Gasteiger partial charge is 0.0386 e. The summed E-state index contributed by atoms with van der Waals surface area (Å²) in [6.45, 7) is 9.92. The number of nitrogens with one attached hydrogen (secondary N) is 1. The van der Waals surface area contributed by atoms with Gasteiger partial charge in [-0.3, -0.25) is 0 Å². The molecule has 1 aromatic heterocycles. The van der Waals surface area contributed by atoms with E-state index in [2.05, 4.69) is 39.1 Å². The molecule has 1 aromatic rings. The zero-order valence-electron chi connectivity index (χ0n) is 8.98. The fourth-order valence-corrected chi connectivity index (χ4v) is 2.35. The topological polar surface area (TPSA) is 12.0 Å². The molecule has 0 aliphatic carbocycles. The maximum absolute atomic E-state index is 3.50. The molecule has 2 heteroatoms. The highest BCUT2D eigenvalue weighted by atomic mass is 32.1. The second kappa shape index (κ2) is 4.77. The third kappa shape index (κ3) is 2.82. The molecule has 0 aliphatic heterocycles. The summed E-state index contributed by atoms with van der Waals surface area (Å²) >= 11 is 1.91. The maximum Gasteiger partial charge on any atom is 0.0386 e. The number of thiophene rings is 1. The molecule has 0 spiro atoms. The van der Waals surface area contributed by atoms with Crippen molar-refractivity contribution in [2.75, 3.05) is 6.54 Å². The van der Waals surface area contributed by atoms with Gasteiger partial charge in [-0.2, -0.15) is 0 Å². The molecule has 74 valence electrons. The van der Waals surface area contributed by atoms with Crippen LogP contribution in [0.4, 0.5) is 0 Å². The molecule has 0 aliphatic rings. The van der Waals surface area contributed by atoms with Crippen molar-refractivity contribution in [2.45, 2.75) is 40.2 Å². The summed E-state index contributed by atoms with van der Waals surface area (Å²) in [5.41, 5.74) is 1.42. The second-order valence-electron chi connectivity index (χ2n) is 3.56. The highest BCUT2D eigenvalue weighted by Crippen LogP contribution is 2.25. The quantitative estimate of drug-likeness (QED) is 0.780. The SMILES string of the molecule is CCCNC(C)c1cc(C)c(C)s1. The lowest BCUT2D eigenvalue weighted by atomic mass is 10.2. The van der Waals surface area contributed by atoms with Gasteiger partial charge in [-0.25, -0.2) is 0 Å². The van der Waals surface area contributed by atoms with Gasteiger partial charge in [0, 0.05) is 15.8 Å². The lowest BCUT2D eigenvalue weighted by Crippen LogP contribution is -2.18. The van der Waals surface area contributed by atoms with Gasteiger partial charge < -0.3 is 5.32 Å². The van der Waals surface area contributed by atoms with Gasteiger partial charge in [0.05, 0.1) is 0 Å². The van der Waals surface area contributed by atoms with Crippen LogP contribution in [0.3, 0.4) is 0 Å². The van der Waals surface area contributed by atoms with Gasteiger partial charge in [0.25, 0.3) is 0 Å². The summed E-state index contributed by atoms with van der Waals surface area (Å²) < 4.78 is 0. The standard InChI is InChI=1S/C11H19NS/c1-5-6-12-9(3)11-7-8(2)10(4)13-11/h7,9,12H,5-6H2,1-4H3. The first-order valence-electron chi connectivity index (χ1n) is 4.95. The van der Waals surface area contributed by atoms with E-state index in [0.29, 0.717) is 6.04 Å². The van der Waals surface area contributed by atoms with E-state index in [1.807, 2.05) is 11.3 Å². The van der Waals surface area contributed by atoms with Crippen LogP contribution in [0.25, 0.3) is 0 Å². The van der Waals surface area contributed by atoms with Crippen molar-refractivity contribution in [3.63, 3.8) is 0 Å². The minimum Gasteiger partial charge on any atom is -0.309 e. The summed E-state index contributed by atoms with van der Waals surface area (Å²) in [7, 11) is 0. The van der Waals surface area contributed by atoms with E-state index in [4.69, 9.17) is 0 Å². The molecule has 0 saturated heterocycles. The highest BCUT2D eigenvalue weighted by molar-refractivity contribution is 7.12. The molecule has 0 aromatic carbocycles. The van der Waals surface area contributed by atoms with Crippen molar-refractivity contribution in [3.8, 4) is 0 Å². The van der Waals surface area contributed by atoms with Crippen LogP contribution < -0.4 is 5.32 Å². The Kier molecular flexibility index (Phi) is 3.94. The van der Waals surface area contributed by atoms with Gasteiger partial charge in [-0.15, -0.1) is 11.3 Å². The molecule has 0 saturated carbocycles. The lowest BCUT2D eigenvalue weighted by Gasteiger charge is -2.10. The van der Waals surface area contributed by atoms with Crippen LogP contribution in [0, 0.1) is 13.8 Å². The maximum atomic E-state index is 3.50. The fraction of sp³-hybridized carbons (Fsp3) is 0.636. The molecule has 0 fully saturated rings. The summed E-state index contributed by atoms with van der Waals surface area (Å²) in [6.07, 6.45) is 1.20. The lowest BCUT2D eigenvalue weighted by molar-refractivity contribution is 0.578. The van der Waals surface area contributed by atoms with Crippen LogP contribution >= 0.6 is 11.3 Å². The van der Waals surface area contributed by atoms with Gasteiger partial charge in [-0.1, -0.05) is 6.92 Å². The Labute approximate surface area is 85.2 Å². The van der Waals surface area contributed by atoms with Crippen molar-refractivity contribution in [1.82, 2.24) is 5.32 Å². The predicted octanol–water partition coefficient (Wildman–Crippen LogP) is 3.43. The molecule has 0 bridgehead atoms. The Bertz CT molecular complexity index is 246. The molecule has 1 heterocycles. The van der Waals surface area contributed by atoms with E-state index in [9.17, 15) is 0 Å². The minimum atomic E-state index is 0.511. The molecule has 1 atom stereocenters. The Morgan fingerprint density at radius 1 is 1.46 bits per heavy atom. The third-order valence-corrected chi connectivity index (χ3v) is 3.65. The van der Waals surface area contributed by atoms with E-state index in [-0.39, 0.29) is 0 Å². The van der Waals surface area contributed by atoms with Crippen LogP contribution in [-0.4, -0.2) is 6.54 Å². The minimum absolute atomic E-state index is 0.511. The van der Waals surface area contributed by atoms with E-state index in [1.165, 1.54) is 21.7 Å². The van der Waals surface area contributed by atoms with Crippen LogP contribution in [-0.2, 0) is 0 Å². The van der Waals surface area contributed by atoms with Crippen LogP contribution in [0.1, 0.15) is 41.6 Å². The average molecular weight is 197 g/mol. The number of aryl methyl sites for hydroxylation is 2. The Balaban J connectivity index is 2.60. The van der Waals surface area contributed by atoms with Crippen LogP contribution in [0.15, 0.2) is 6.07 Å². The Morgan fingerprint density at radius 2 is 2.15 bits per heavy atom. The molecule has 13 heavy (non-hydrogen) atoms. The molecule has 0 radical (unpaired) electrons. The van der Waals surface area contributed by atoms with E-state index in [0.717, 1.165) is 6.54 Å². The first kappa shape index (κ1) is 10.7. The van der Waals surface area contributed by atoms with Gasteiger partial charge in [0.15, 0.2) is 0 Å². The first-order chi connectivity index (χ1) is 6.15. The van der Waals surface area contributed by atoms with Crippen molar-refractivity contribution < 1.29 is 0 Å². The van der Waals surface area contributed by atoms with Gasteiger partial charge in [-0.05, 0) is 45.4 Å². The highest BCUT2D eigenvalue weighted by Gasteiger charge is 2.08. The van der Waals surface area contributed by atoms with Gasteiger partial charge in [0.1, 0.15) is 0 Å². The van der Waals surface area contributed by atoms with Gasteiger partial charge in [0.2, 0.25) is 0 Å². The van der Waals surface area contributed by atoms with Gasteiger partial charge >= 0.3 is 0 Å². The molecular formula is C11H19NS. The van der Waals surface area contributed by atoms with Crippen LogP contribution in [0.5, 0.6) is 0 Å². The molecule has 1 N–H and O–H groups in total. The second-order valence-corrected chi connectivity index (χ2v) is 4.85. The molecular weight excluding hydrogens is 178 g/mol. The van der Waals surface area contributed by atoms with E-state index >= 15 is 0 Å². The van der Waals surface area contributed by atoms with Crippen molar-refractivity contribution in [1.29, 1.82) is 0 Å². The number of rotatable bonds is 4. The normalized spacial score (nSPS) is 13.2. The molecule has 1 rings (SSSR count). The first-order valence-corrected chi connectivity index (χ1v) is 5.77. The summed E-state index contributed by atoms with van der Waals surface area (Å²) in [5.74, 6) is 0. The predicted molar refractivity (Wildman–Crippen MR) is 60.5 cm³/mol. The molecule has 0 amide bonds. The van der Waals surface area contributed by atoms with Crippen LogP contribution in [0.2, 0.25) is 0 Å². The van der Waals surface area contributed by atoms with Crippen molar-refractivity contribution >= 4 is 11.3 Å². The molecule has 1 unspecified atom stereocenters. The zero-order valence-corrected chi connectivity index (χ0v) is 9.79. The summed E-state index contributed by atoms with van der Waals surface area (Å²) in [4.78, 5) is 2.91. The average Bonchev–Trinajstić information content (AvgIpc) is 2.43. The van der Waals surface area contributed by atoms with Crippen molar-refractivity contribution in [3.05, 3.63) is 21.4 Å². The number of hydrogen-bond donors (Lipinski definition) is 1. The monoisotopic (exact) mass is 197 g/mol. The fourth-order valence-electron chi connectivity index (χ4n) is 1.28. The third-order valence-electron chi connectivity index (χ3n) is 2.31. The summed E-state index contributed by atoms with van der Waals surface area (Å²) in [6, 6.07) is 2.81. The zero-order chi connectivity index (χ0) is 9.84. The van der Waals surface area contributed by atoms with Crippen molar-refractivity contribution in [2.24, 2.45) is 0 Å². The Morgan fingerprint density at radius 3 is 2.62 bits per heavy atom. The Hall–Kier alpha value is -0.340.